The van der Waals surface area contributed by atoms with Crippen LogP contribution < -0.4 is 0 Å². The number of allylic oxidation sites excluding steroid dienone is 2. The van der Waals surface area contributed by atoms with Gasteiger partial charge in [-0.1, -0.05) is 12.1 Å². The molecule has 0 unspecified atom stereocenters. The smallest absolute Gasteiger partial charge is 0.451 e. The van der Waals surface area contributed by atoms with Crippen molar-refractivity contribution >= 4 is 17.4 Å². The number of hydrogen-bond acceptors (Lipinski definition) is 5. The maximum atomic E-state index is 12.3. The minimum absolute atomic E-state index is 0.251. The summed E-state index contributed by atoms with van der Waals surface area (Å²) >= 11 is 0. The summed E-state index contributed by atoms with van der Waals surface area (Å²) in [6, 6.07) is 5.13. The standard InChI is InChI=1S/C12H9F3N2O4/c1-6(18)9(10(19)12(13,14)15)17-16-8-5-3-2-4-7(8)11(20)21/h2-5,19H,1H3,(H,20,21). The van der Waals surface area contributed by atoms with E-state index in [0.29, 0.717) is 0 Å². The Morgan fingerprint density at radius 3 is 2.19 bits per heavy atom. The number of carboxylic acids is 1. The van der Waals surface area contributed by atoms with Gasteiger partial charge in [0.1, 0.15) is 5.69 Å². The summed E-state index contributed by atoms with van der Waals surface area (Å²) < 4.78 is 37.0. The average Bonchev–Trinajstić information content (AvgIpc) is 2.37. The van der Waals surface area contributed by atoms with E-state index in [1.165, 1.54) is 18.2 Å². The molecule has 0 atom stereocenters. The molecule has 21 heavy (non-hydrogen) atoms. The van der Waals surface area contributed by atoms with E-state index in [1.54, 1.807) is 0 Å². The molecule has 0 amide bonds. The molecule has 0 bridgehead atoms. The lowest BCUT2D eigenvalue weighted by atomic mass is 10.2. The van der Waals surface area contributed by atoms with Gasteiger partial charge >= 0.3 is 12.1 Å². The number of alkyl halides is 3. The van der Waals surface area contributed by atoms with Crippen LogP contribution in [0.5, 0.6) is 0 Å². The van der Waals surface area contributed by atoms with Crippen molar-refractivity contribution in [1.29, 1.82) is 0 Å². The lowest BCUT2D eigenvalue weighted by Crippen LogP contribution is -2.16. The van der Waals surface area contributed by atoms with Crippen LogP contribution in [0.1, 0.15) is 17.3 Å². The Hall–Kier alpha value is -2.71. The number of halogens is 3. The third-order valence-corrected chi connectivity index (χ3v) is 2.22. The molecule has 1 rings (SSSR count). The van der Waals surface area contributed by atoms with Crippen molar-refractivity contribution in [2.45, 2.75) is 13.1 Å². The van der Waals surface area contributed by atoms with Gasteiger partial charge in [0.05, 0.1) is 5.56 Å². The van der Waals surface area contributed by atoms with Crippen LogP contribution in [-0.4, -0.2) is 28.1 Å². The Morgan fingerprint density at radius 1 is 1.14 bits per heavy atom. The number of benzene rings is 1. The normalized spacial score (nSPS) is 13.1. The summed E-state index contributed by atoms with van der Waals surface area (Å²) in [5.74, 6) is -4.72. The SMILES string of the molecule is CC(=O)C(N=Nc1ccccc1C(=O)O)=C(O)C(F)(F)F. The molecule has 112 valence electrons. The molecule has 1 aromatic carbocycles. The molecule has 2 N–H and O–H groups in total. The van der Waals surface area contributed by atoms with Gasteiger partial charge in [0.2, 0.25) is 5.76 Å². The number of rotatable bonds is 4. The maximum absolute atomic E-state index is 12.3. The summed E-state index contributed by atoms with van der Waals surface area (Å²) in [4.78, 5) is 22.0. The van der Waals surface area contributed by atoms with Crippen LogP contribution in [0.2, 0.25) is 0 Å². The number of Topliss-reactive ketones (excluding diaryl/α,β-unsaturated/α-hetero) is 1. The molecule has 0 radical (unpaired) electrons. The Balaban J connectivity index is 3.30. The van der Waals surface area contributed by atoms with E-state index in [0.717, 1.165) is 13.0 Å². The molecule has 0 heterocycles. The molecule has 9 heteroatoms. The molecule has 0 aliphatic heterocycles. The highest BCUT2D eigenvalue weighted by atomic mass is 19.4. The number of carboxylic acid groups (broad SMARTS) is 1. The topological polar surface area (TPSA) is 99.3 Å². The number of hydrogen-bond donors (Lipinski definition) is 2. The Morgan fingerprint density at radius 2 is 1.71 bits per heavy atom. The molecule has 0 saturated carbocycles. The lowest BCUT2D eigenvalue weighted by Gasteiger charge is -2.06. The molecular formula is C12H9F3N2O4. The van der Waals surface area contributed by atoms with Gasteiger partial charge in [-0.15, -0.1) is 10.2 Å². The van der Waals surface area contributed by atoms with Crippen LogP contribution in [-0.2, 0) is 4.79 Å². The molecule has 0 aliphatic rings. The Labute approximate surface area is 116 Å². The number of aliphatic hydroxyl groups is 1. The van der Waals surface area contributed by atoms with Gasteiger partial charge in [-0.3, -0.25) is 4.79 Å². The number of azo groups is 1. The quantitative estimate of drug-likeness (QED) is 0.506. The fourth-order valence-corrected chi connectivity index (χ4v) is 1.26. The summed E-state index contributed by atoms with van der Waals surface area (Å²) in [7, 11) is 0. The fourth-order valence-electron chi connectivity index (χ4n) is 1.26. The molecular weight excluding hydrogens is 293 g/mol. The van der Waals surface area contributed by atoms with Crippen LogP contribution in [0, 0.1) is 0 Å². The van der Waals surface area contributed by atoms with Gasteiger partial charge in [-0.05, 0) is 12.1 Å². The van der Waals surface area contributed by atoms with Gasteiger partial charge in [-0.25, -0.2) is 4.79 Å². The van der Waals surface area contributed by atoms with Gasteiger partial charge in [0, 0.05) is 6.92 Å². The van der Waals surface area contributed by atoms with Crippen molar-refractivity contribution < 1.29 is 33.0 Å². The van der Waals surface area contributed by atoms with Crippen molar-refractivity contribution in [2.75, 3.05) is 0 Å². The van der Waals surface area contributed by atoms with Gasteiger partial charge in [0.15, 0.2) is 11.5 Å². The molecule has 0 fully saturated rings. The van der Waals surface area contributed by atoms with E-state index in [9.17, 15) is 22.8 Å². The number of carbonyl (C=O) groups is 2. The third-order valence-electron chi connectivity index (χ3n) is 2.22. The van der Waals surface area contributed by atoms with Crippen LogP contribution in [0.25, 0.3) is 0 Å². The highest BCUT2D eigenvalue weighted by Crippen LogP contribution is 2.28. The number of ketones is 1. The summed E-state index contributed by atoms with van der Waals surface area (Å²) in [6.07, 6.45) is -5.16. The van der Waals surface area contributed by atoms with E-state index >= 15 is 0 Å². The second-order valence-corrected chi connectivity index (χ2v) is 3.77. The number of carbonyl (C=O) groups excluding carboxylic acids is 1. The fraction of sp³-hybridized carbons (Fsp3) is 0.167. The second kappa shape index (κ2) is 6.16. The molecule has 0 aliphatic carbocycles. The minimum Gasteiger partial charge on any atom is -0.503 e. The van der Waals surface area contributed by atoms with Crippen LogP contribution in [0.15, 0.2) is 46.0 Å². The van der Waals surface area contributed by atoms with E-state index in [1.807, 2.05) is 0 Å². The molecule has 0 aromatic heterocycles. The van der Waals surface area contributed by atoms with Crippen LogP contribution >= 0.6 is 0 Å². The van der Waals surface area contributed by atoms with E-state index in [-0.39, 0.29) is 11.3 Å². The largest absolute Gasteiger partial charge is 0.503 e. The first-order chi connectivity index (χ1) is 9.64. The predicted octanol–water partition coefficient (Wildman–Crippen LogP) is 3.39. The monoisotopic (exact) mass is 302 g/mol. The van der Waals surface area contributed by atoms with E-state index in [2.05, 4.69) is 10.2 Å². The first-order valence-electron chi connectivity index (χ1n) is 5.40. The van der Waals surface area contributed by atoms with Gasteiger partial charge < -0.3 is 10.2 Å². The van der Waals surface area contributed by atoms with Crippen molar-refractivity contribution in [3.05, 3.63) is 41.3 Å². The van der Waals surface area contributed by atoms with Crippen LogP contribution in [0.4, 0.5) is 18.9 Å². The maximum Gasteiger partial charge on any atom is 0.451 e. The Bertz CT molecular complexity index is 636. The number of nitrogens with zero attached hydrogens (tertiary/aromatic N) is 2. The molecule has 1 aromatic rings. The first kappa shape index (κ1) is 16.3. The Kier molecular flexibility index (Phi) is 4.79. The zero-order valence-electron chi connectivity index (χ0n) is 10.5. The summed E-state index contributed by atoms with van der Waals surface area (Å²) in [6.45, 7) is 0.763. The predicted molar refractivity (Wildman–Crippen MR) is 64.3 cm³/mol. The van der Waals surface area contributed by atoms with Crippen molar-refractivity contribution in [3.63, 3.8) is 0 Å². The van der Waals surface area contributed by atoms with Gasteiger partial charge in [0.25, 0.3) is 0 Å². The minimum atomic E-state index is -5.16. The molecule has 0 saturated heterocycles. The van der Waals surface area contributed by atoms with E-state index < -0.39 is 29.4 Å². The number of aromatic carboxylic acids is 1. The van der Waals surface area contributed by atoms with E-state index in [4.69, 9.17) is 10.2 Å². The summed E-state index contributed by atoms with van der Waals surface area (Å²) in [5.41, 5.74) is -1.86. The van der Waals surface area contributed by atoms with Crippen molar-refractivity contribution in [3.8, 4) is 0 Å². The lowest BCUT2D eigenvalue weighted by molar-refractivity contribution is -0.126. The molecule has 6 nitrogen and oxygen atoms in total. The average molecular weight is 302 g/mol. The summed E-state index contributed by atoms with van der Waals surface area (Å²) in [5, 5.41) is 24.1. The van der Waals surface area contributed by atoms with Gasteiger partial charge in [-0.2, -0.15) is 13.2 Å². The number of aliphatic hydroxyl groups excluding tert-OH is 1. The highest BCUT2D eigenvalue weighted by molar-refractivity contribution is 5.94. The molecule has 0 spiro atoms. The third kappa shape index (κ3) is 4.13. The zero-order chi connectivity index (χ0) is 16.2. The zero-order valence-corrected chi connectivity index (χ0v) is 10.5. The van der Waals surface area contributed by atoms with Crippen molar-refractivity contribution in [2.24, 2.45) is 10.2 Å². The van der Waals surface area contributed by atoms with Crippen molar-refractivity contribution in [1.82, 2.24) is 0 Å². The van der Waals surface area contributed by atoms with Crippen LogP contribution in [0.3, 0.4) is 0 Å². The highest BCUT2D eigenvalue weighted by Gasteiger charge is 2.38. The second-order valence-electron chi connectivity index (χ2n) is 3.77. The first-order valence-corrected chi connectivity index (χ1v) is 5.40.